The Hall–Kier alpha value is -2.89. The molecule has 0 saturated heterocycles. The molecule has 3 aromatic rings. The van der Waals surface area contributed by atoms with Crippen molar-refractivity contribution < 1.29 is 13.6 Å². The van der Waals surface area contributed by atoms with E-state index in [9.17, 15) is 13.6 Å². The molecule has 0 fully saturated rings. The van der Waals surface area contributed by atoms with E-state index < -0.39 is 5.82 Å². The van der Waals surface area contributed by atoms with Gasteiger partial charge in [-0.2, -0.15) is 0 Å². The van der Waals surface area contributed by atoms with Crippen molar-refractivity contribution in [3.63, 3.8) is 0 Å². The highest BCUT2D eigenvalue weighted by molar-refractivity contribution is 5.83. The van der Waals surface area contributed by atoms with Crippen LogP contribution in [0.5, 0.6) is 0 Å². The lowest BCUT2D eigenvalue weighted by Crippen LogP contribution is -2.05. The van der Waals surface area contributed by atoms with Crippen LogP contribution in [0.2, 0.25) is 0 Å². The lowest BCUT2D eigenvalue weighted by atomic mass is 10.1. The first kappa shape index (κ1) is 14.1. The van der Waals surface area contributed by atoms with Crippen molar-refractivity contribution >= 4 is 6.29 Å². The topological polar surface area (TPSA) is 47.8 Å². The number of nitrogens with zero attached hydrogens (tertiary/aromatic N) is 3. The molecule has 0 radical (unpaired) electrons. The zero-order chi connectivity index (χ0) is 15.5. The molecule has 0 spiro atoms. The largest absolute Gasteiger partial charge is 0.296 e. The van der Waals surface area contributed by atoms with Crippen molar-refractivity contribution in [2.45, 2.75) is 6.54 Å². The Balaban J connectivity index is 2.06. The van der Waals surface area contributed by atoms with Crippen LogP contribution in [-0.2, 0) is 6.54 Å². The van der Waals surface area contributed by atoms with Crippen LogP contribution in [0.25, 0.3) is 11.3 Å². The summed E-state index contributed by atoms with van der Waals surface area (Å²) in [4.78, 5) is 11.1. The smallest absolute Gasteiger partial charge is 0.172 e. The molecule has 0 aliphatic carbocycles. The summed E-state index contributed by atoms with van der Waals surface area (Å²) in [7, 11) is 0. The first-order chi connectivity index (χ1) is 10.7. The average molecular weight is 299 g/mol. The maximum absolute atomic E-state index is 13.4. The van der Waals surface area contributed by atoms with Gasteiger partial charge >= 0.3 is 0 Å². The van der Waals surface area contributed by atoms with Gasteiger partial charge in [0, 0.05) is 5.56 Å². The fourth-order valence-corrected chi connectivity index (χ4v) is 2.26. The number of carbonyl (C=O) groups excluding carboxylic acids is 1. The molecular formula is C16H11F2N3O. The molecule has 0 aliphatic rings. The standard InChI is InChI=1S/C16H11F2N3O/c17-13-5-1-3-11(7-13)9-21-16(15(10-22)19-20-21)12-4-2-6-14(18)8-12/h1-8,10H,9H2. The molecule has 0 unspecified atom stereocenters. The van der Waals surface area contributed by atoms with Crippen molar-refractivity contribution in [2.75, 3.05) is 0 Å². The van der Waals surface area contributed by atoms with Crippen molar-refractivity contribution in [1.82, 2.24) is 15.0 Å². The minimum Gasteiger partial charge on any atom is -0.296 e. The number of halogens is 2. The second-order valence-corrected chi connectivity index (χ2v) is 4.74. The third-order valence-corrected chi connectivity index (χ3v) is 3.19. The van der Waals surface area contributed by atoms with Crippen LogP contribution in [-0.4, -0.2) is 21.3 Å². The summed E-state index contributed by atoms with van der Waals surface area (Å²) >= 11 is 0. The zero-order valence-electron chi connectivity index (χ0n) is 11.4. The van der Waals surface area contributed by atoms with Crippen LogP contribution in [0.15, 0.2) is 48.5 Å². The van der Waals surface area contributed by atoms with Gasteiger partial charge in [-0.15, -0.1) is 5.10 Å². The minimum atomic E-state index is -0.423. The first-order valence-corrected chi connectivity index (χ1v) is 6.56. The van der Waals surface area contributed by atoms with Gasteiger partial charge in [0.15, 0.2) is 12.0 Å². The summed E-state index contributed by atoms with van der Waals surface area (Å²) in [5.74, 6) is -0.784. The number of hydrogen-bond acceptors (Lipinski definition) is 3. The zero-order valence-corrected chi connectivity index (χ0v) is 11.4. The van der Waals surface area contributed by atoms with E-state index >= 15 is 0 Å². The molecule has 2 aromatic carbocycles. The molecular weight excluding hydrogens is 288 g/mol. The number of aromatic nitrogens is 3. The summed E-state index contributed by atoms with van der Waals surface area (Å²) in [6.07, 6.45) is 0.565. The lowest BCUT2D eigenvalue weighted by Gasteiger charge is -2.07. The average Bonchev–Trinajstić information content (AvgIpc) is 2.90. The van der Waals surface area contributed by atoms with E-state index in [0.717, 1.165) is 0 Å². The van der Waals surface area contributed by atoms with Gasteiger partial charge in [0.25, 0.3) is 0 Å². The Morgan fingerprint density at radius 1 is 1.05 bits per heavy atom. The normalized spacial score (nSPS) is 10.6. The van der Waals surface area contributed by atoms with E-state index in [-0.39, 0.29) is 18.1 Å². The van der Waals surface area contributed by atoms with Crippen LogP contribution in [0.4, 0.5) is 8.78 Å². The Bertz CT molecular complexity index is 830. The van der Waals surface area contributed by atoms with Crippen molar-refractivity contribution in [2.24, 2.45) is 0 Å². The molecule has 4 nitrogen and oxygen atoms in total. The van der Waals surface area contributed by atoms with Gasteiger partial charge in [-0.3, -0.25) is 4.79 Å². The molecule has 3 rings (SSSR count). The van der Waals surface area contributed by atoms with Gasteiger partial charge in [0.05, 0.1) is 12.2 Å². The quantitative estimate of drug-likeness (QED) is 0.696. The number of rotatable bonds is 4. The Morgan fingerprint density at radius 2 is 1.77 bits per heavy atom. The van der Waals surface area contributed by atoms with Gasteiger partial charge in [-0.05, 0) is 29.8 Å². The third kappa shape index (κ3) is 2.76. The maximum atomic E-state index is 13.4. The van der Waals surface area contributed by atoms with Crippen LogP contribution >= 0.6 is 0 Å². The monoisotopic (exact) mass is 299 g/mol. The second-order valence-electron chi connectivity index (χ2n) is 4.74. The molecule has 110 valence electrons. The van der Waals surface area contributed by atoms with Gasteiger partial charge in [-0.25, -0.2) is 13.5 Å². The lowest BCUT2D eigenvalue weighted by molar-refractivity contribution is 0.111. The Kier molecular flexibility index (Phi) is 3.74. The molecule has 0 aliphatic heterocycles. The third-order valence-electron chi connectivity index (χ3n) is 3.19. The van der Waals surface area contributed by atoms with Crippen LogP contribution in [0.1, 0.15) is 16.1 Å². The van der Waals surface area contributed by atoms with Crippen molar-refractivity contribution in [3.8, 4) is 11.3 Å². The fraction of sp³-hybridized carbons (Fsp3) is 0.0625. The summed E-state index contributed by atoms with van der Waals surface area (Å²) in [6.45, 7) is 0.227. The molecule has 0 atom stereocenters. The van der Waals surface area contributed by atoms with Crippen molar-refractivity contribution in [1.29, 1.82) is 0 Å². The van der Waals surface area contributed by atoms with Gasteiger partial charge in [0.1, 0.15) is 11.6 Å². The summed E-state index contributed by atoms with van der Waals surface area (Å²) in [5.41, 5.74) is 1.67. The Morgan fingerprint density at radius 3 is 2.45 bits per heavy atom. The molecule has 1 aromatic heterocycles. The van der Waals surface area contributed by atoms with Crippen molar-refractivity contribution in [3.05, 3.63) is 71.4 Å². The van der Waals surface area contributed by atoms with Crippen LogP contribution in [0.3, 0.4) is 0 Å². The summed E-state index contributed by atoms with van der Waals surface area (Å²) in [5, 5.41) is 7.70. The SMILES string of the molecule is O=Cc1nnn(Cc2cccc(F)c2)c1-c1cccc(F)c1. The fourth-order valence-electron chi connectivity index (χ4n) is 2.26. The predicted molar refractivity (Wildman–Crippen MR) is 76.3 cm³/mol. The number of aldehydes is 1. The van der Waals surface area contributed by atoms with Gasteiger partial charge < -0.3 is 0 Å². The summed E-state index contributed by atoms with van der Waals surface area (Å²) < 4.78 is 28.1. The van der Waals surface area contributed by atoms with E-state index in [4.69, 9.17) is 0 Å². The molecule has 0 N–H and O–H groups in total. The predicted octanol–water partition coefficient (Wildman–Crippen LogP) is 3.08. The van der Waals surface area contributed by atoms with E-state index in [1.165, 1.54) is 28.9 Å². The van der Waals surface area contributed by atoms with Gasteiger partial charge in [-0.1, -0.05) is 29.5 Å². The van der Waals surface area contributed by atoms with Gasteiger partial charge in [0.2, 0.25) is 0 Å². The molecule has 0 amide bonds. The highest BCUT2D eigenvalue weighted by Gasteiger charge is 2.15. The highest BCUT2D eigenvalue weighted by atomic mass is 19.1. The number of carbonyl (C=O) groups is 1. The number of hydrogen-bond donors (Lipinski definition) is 0. The van der Waals surface area contributed by atoms with Crippen LogP contribution < -0.4 is 0 Å². The molecule has 6 heteroatoms. The number of benzene rings is 2. The second kappa shape index (κ2) is 5.85. The molecule has 0 saturated carbocycles. The van der Waals surface area contributed by atoms with E-state index in [1.54, 1.807) is 24.3 Å². The Labute approximate surface area is 125 Å². The van der Waals surface area contributed by atoms with E-state index in [1.807, 2.05) is 0 Å². The maximum Gasteiger partial charge on any atom is 0.172 e. The van der Waals surface area contributed by atoms with E-state index in [0.29, 0.717) is 23.1 Å². The molecule has 22 heavy (non-hydrogen) atoms. The van der Waals surface area contributed by atoms with E-state index in [2.05, 4.69) is 10.3 Å². The minimum absolute atomic E-state index is 0.113. The highest BCUT2D eigenvalue weighted by Crippen LogP contribution is 2.23. The molecule has 1 heterocycles. The van der Waals surface area contributed by atoms with Crippen LogP contribution in [0, 0.1) is 11.6 Å². The first-order valence-electron chi connectivity index (χ1n) is 6.56. The molecule has 0 bridgehead atoms. The summed E-state index contributed by atoms with van der Waals surface area (Å²) in [6, 6.07) is 11.9.